The minimum absolute atomic E-state index is 0.0584. The largest absolute Gasteiger partial charge is 0.398 e. The first-order valence-electron chi connectivity index (χ1n) is 5.43. The number of aromatic nitrogens is 2. The van der Waals surface area contributed by atoms with Gasteiger partial charge >= 0.3 is 0 Å². The second kappa shape index (κ2) is 5.32. The van der Waals surface area contributed by atoms with E-state index in [9.17, 15) is 8.42 Å². The molecule has 1 aromatic heterocycles. The summed E-state index contributed by atoms with van der Waals surface area (Å²) < 4.78 is 27.5. The zero-order chi connectivity index (χ0) is 14.0. The van der Waals surface area contributed by atoms with Crippen LogP contribution in [0.1, 0.15) is 11.3 Å². The predicted octanol–water partition coefficient (Wildman–Crippen LogP) is 1.54. The number of H-pyrrole nitrogens is 1. The smallest absolute Gasteiger partial charge is 0.242 e. The van der Waals surface area contributed by atoms with Gasteiger partial charge in [0.15, 0.2) is 0 Å². The van der Waals surface area contributed by atoms with Crippen LogP contribution in [-0.4, -0.2) is 18.6 Å². The van der Waals surface area contributed by atoms with Gasteiger partial charge in [0.1, 0.15) is 4.90 Å². The van der Waals surface area contributed by atoms with Gasteiger partial charge in [0.05, 0.1) is 11.9 Å². The molecule has 6 nitrogen and oxygen atoms in total. The van der Waals surface area contributed by atoms with E-state index in [4.69, 9.17) is 5.73 Å². The average molecular weight is 345 g/mol. The normalized spacial score (nSPS) is 11.7. The minimum Gasteiger partial charge on any atom is -0.398 e. The molecule has 0 spiro atoms. The Morgan fingerprint density at radius 3 is 2.84 bits per heavy atom. The van der Waals surface area contributed by atoms with Crippen molar-refractivity contribution >= 4 is 31.6 Å². The number of benzene rings is 1. The third-order valence-corrected chi connectivity index (χ3v) is 4.60. The number of sulfonamides is 1. The molecular formula is C11H13BrN4O2S. The van der Waals surface area contributed by atoms with Crippen molar-refractivity contribution in [3.05, 3.63) is 40.1 Å². The van der Waals surface area contributed by atoms with E-state index in [2.05, 4.69) is 30.8 Å². The van der Waals surface area contributed by atoms with Crippen LogP contribution >= 0.6 is 15.9 Å². The van der Waals surface area contributed by atoms with E-state index in [1.807, 2.05) is 6.92 Å². The van der Waals surface area contributed by atoms with Gasteiger partial charge in [0, 0.05) is 22.3 Å². The van der Waals surface area contributed by atoms with Crippen molar-refractivity contribution in [2.45, 2.75) is 18.4 Å². The third-order valence-electron chi connectivity index (χ3n) is 2.65. The summed E-state index contributed by atoms with van der Waals surface area (Å²) >= 11 is 3.23. The van der Waals surface area contributed by atoms with Gasteiger partial charge in [-0.15, -0.1) is 0 Å². The van der Waals surface area contributed by atoms with Crippen molar-refractivity contribution in [2.24, 2.45) is 0 Å². The lowest BCUT2D eigenvalue weighted by molar-refractivity contribution is 0.581. The van der Waals surface area contributed by atoms with Crippen molar-refractivity contribution < 1.29 is 8.42 Å². The highest BCUT2D eigenvalue weighted by Gasteiger charge is 2.18. The van der Waals surface area contributed by atoms with Crippen LogP contribution in [0.25, 0.3) is 0 Å². The van der Waals surface area contributed by atoms with Gasteiger partial charge in [-0.1, -0.05) is 15.9 Å². The van der Waals surface area contributed by atoms with E-state index >= 15 is 0 Å². The number of nitrogens with one attached hydrogen (secondary N) is 2. The number of rotatable bonds is 4. The number of hydrogen-bond donors (Lipinski definition) is 3. The van der Waals surface area contributed by atoms with Crippen molar-refractivity contribution in [3.63, 3.8) is 0 Å². The summed E-state index contributed by atoms with van der Waals surface area (Å²) in [5.74, 6) is 0. The molecule has 0 saturated carbocycles. The van der Waals surface area contributed by atoms with Crippen LogP contribution in [0.5, 0.6) is 0 Å². The first-order valence-corrected chi connectivity index (χ1v) is 7.71. The van der Waals surface area contributed by atoms with Crippen molar-refractivity contribution in [1.82, 2.24) is 14.9 Å². The van der Waals surface area contributed by atoms with Crippen LogP contribution in [0, 0.1) is 6.92 Å². The van der Waals surface area contributed by atoms with E-state index in [0.29, 0.717) is 4.47 Å². The SMILES string of the molecule is Cc1[nH]ncc1CNS(=O)(=O)c1cc(Br)ccc1N. The van der Waals surface area contributed by atoms with Crippen LogP contribution in [-0.2, 0) is 16.6 Å². The Kier molecular flexibility index (Phi) is 3.93. The molecule has 0 aliphatic rings. The lowest BCUT2D eigenvalue weighted by Crippen LogP contribution is -2.24. The fourth-order valence-corrected chi connectivity index (χ4v) is 3.22. The third kappa shape index (κ3) is 3.14. The highest BCUT2D eigenvalue weighted by atomic mass is 79.9. The molecule has 4 N–H and O–H groups in total. The standard InChI is InChI=1S/C11H13BrN4O2S/c1-7-8(5-14-16-7)6-15-19(17,18)11-4-9(12)2-3-10(11)13/h2-5,15H,6,13H2,1H3,(H,14,16). The van der Waals surface area contributed by atoms with Gasteiger partial charge < -0.3 is 5.73 Å². The van der Waals surface area contributed by atoms with Crippen LogP contribution in [0.4, 0.5) is 5.69 Å². The molecule has 0 bridgehead atoms. The predicted molar refractivity (Wildman–Crippen MR) is 75.9 cm³/mol. The monoisotopic (exact) mass is 344 g/mol. The van der Waals surface area contributed by atoms with Gasteiger partial charge in [-0.2, -0.15) is 5.10 Å². The average Bonchev–Trinajstić information content (AvgIpc) is 2.75. The van der Waals surface area contributed by atoms with Crippen molar-refractivity contribution in [3.8, 4) is 0 Å². The Balaban J connectivity index is 2.23. The number of nitrogen functional groups attached to an aromatic ring is 1. The molecule has 1 heterocycles. The summed E-state index contributed by atoms with van der Waals surface area (Å²) in [7, 11) is -3.65. The van der Waals surface area contributed by atoms with E-state index < -0.39 is 10.0 Å². The fourth-order valence-electron chi connectivity index (χ4n) is 1.55. The van der Waals surface area contributed by atoms with Crippen LogP contribution < -0.4 is 10.5 Å². The molecule has 2 aromatic rings. The zero-order valence-corrected chi connectivity index (χ0v) is 12.5. The second-order valence-corrected chi connectivity index (χ2v) is 6.68. The first kappa shape index (κ1) is 14.0. The Labute approximate surface area is 119 Å². The molecule has 0 aliphatic carbocycles. The molecule has 19 heavy (non-hydrogen) atoms. The molecule has 0 amide bonds. The molecule has 0 atom stereocenters. The van der Waals surface area contributed by atoms with Gasteiger partial charge in [0.25, 0.3) is 0 Å². The fraction of sp³-hybridized carbons (Fsp3) is 0.182. The Bertz CT molecular complexity index is 696. The molecule has 0 radical (unpaired) electrons. The number of nitrogens with two attached hydrogens (primary N) is 1. The molecule has 1 aromatic carbocycles. The van der Waals surface area contributed by atoms with E-state index in [-0.39, 0.29) is 17.1 Å². The van der Waals surface area contributed by atoms with Crippen molar-refractivity contribution in [1.29, 1.82) is 0 Å². The van der Waals surface area contributed by atoms with Gasteiger partial charge in [0.2, 0.25) is 10.0 Å². The number of halogens is 1. The number of aromatic amines is 1. The maximum Gasteiger partial charge on any atom is 0.242 e. The quantitative estimate of drug-likeness (QED) is 0.732. The molecule has 0 aliphatic heterocycles. The molecule has 0 unspecified atom stereocenters. The highest BCUT2D eigenvalue weighted by Crippen LogP contribution is 2.23. The Morgan fingerprint density at radius 2 is 2.21 bits per heavy atom. The van der Waals surface area contributed by atoms with Gasteiger partial charge in [-0.05, 0) is 25.1 Å². The van der Waals surface area contributed by atoms with Crippen molar-refractivity contribution in [2.75, 3.05) is 5.73 Å². The minimum atomic E-state index is -3.65. The van der Waals surface area contributed by atoms with Crippen LogP contribution in [0.3, 0.4) is 0 Å². The summed E-state index contributed by atoms with van der Waals surface area (Å²) in [5, 5.41) is 6.58. The molecular weight excluding hydrogens is 332 g/mol. The number of nitrogens with zero attached hydrogens (tertiary/aromatic N) is 1. The summed E-state index contributed by atoms with van der Waals surface area (Å²) in [4.78, 5) is 0.0584. The Morgan fingerprint density at radius 1 is 1.47 bits per heavy atom. The summed E-state index contributed by atoms with van der Waals surface area (Å²) in [6, 6.07) is 4.70. The van der Waals surface area contributed by atoms with Crippen LogP contribution in [0.15, 0.2) is 33.8 Å². The zero-order valence-electron chi connectivity index (χ0n) is 10.1. The maximum atomic E-state index is 12.2. The molecule has 0 saturated heterocycles. The lowest BCUT2D eigenvalue weighted by Gasteiger charge is -2.09. The topological polar surface area (TPSA) is 101 Å². The Hall–Kier alpha value is -1.38. The number of anilines is 1. The summed E-state index contributed by atoms with van der Waals surface area (Å²) in [5.41, 5.74) is 7.52. The summed E-state index contributed by atoms with van der Waals surface area (Å²) in [6.45, 7) is 1.99. The highest BCUT2D eigenvalue weighted by molar-refractivity contribution is 9.10. The van der Waals surface area contributed by atoms with E-state index in [1.165, 1.54) is 6.07 Å². The number of aryl methyl sites for hydroxylation is 1. The number of hydrogen-bond acceptors (Lipinski definition) is 4. The van der Waals surface area contributed by atoms with Gasteiger partial charge in [-0.3, -0.25) is 5.10 Å². The summed E-state index contributed by atoms with van der Waals surface area (Å²) in [6.07, 6.45) is 1.59. The lowest BCUT2D eigenvalue weighted by atomic mass is 10.3. The second-order valence-electron chi connectivity index (χ2n) is 4.03. The van der Waals surface area contributed by atoms with E-state index in [0.717, 1.165) is 11.3 Å². The van der Waals surface area contributed by atoms with Crippen LogP contribution in [0.2, 0.25) is 0 Å². The molecule has 102 valence electrons. The first-order chi connectivity index (χ1) is 8.90. The van der Waals surface area contributed by atoms with Gasteiger partial charge in [-0.25, -0.2) is 13.1 Å². The van der Waals surface area contributed by atoms with E-state index in [1.54, 1.807) is 18.3 Å². The maximum absolute atomic E-state index is 12.2. The molecule has 0 fully saturated rings. The molecule has 2 rings (SSSR count). The molecule has 8 heteroatoms.